The van der Waals surface area contributed by atoms with Gasteiger partial charge in [-0.3, -0.25) is 14.9 Å². The summed E-state index contributed by atoms with van der Waals surface area (Å²) in [5, 5.41) is 8.67. The molecule has 0 aliphatic carbocycles. The van der Waals surface area contributed by atoms with Gasteiger partial charge in [-0.2, -0.15) is 0 Å². The number of aryl methyl sites for hydroxylation is 1. The van der Waals surface area contributed by atoms with Crippen LogP contribution in [0, 0.1) is 0 Å². The average molecular weight is 404 g/mol. The second kappa shape index (κ2) is 10.1. The minimum Gasteiger partial charge on any atom is -0.332 e. The molecule has 6 heteroatoms. The lowest BCUT2D eigenvalue weighted by Crippen LogP contribution is -2.34. The first-order valence-electron chi connectivity index (χ1n) is 9.21. The molecule has 0 radical (unpaired) electrons. The van der Waals surface area contributed by atoms with Crippen molar-refractivity contribution in [2.75, 3.05) is 10.6 Å². The topological polar surface area (TPSA) is 70.2 Å². The number of anilines is 2. The van der Waals surface area contributed by atoms with Gasteiger partial charge in [-0.15, -0.1) is 0 Å². The molecule has 0 saturated heterocycles. The smallest absolute Gasteiger partial charge is 0.257 e. The lowest BCUT2D eigenvalue weighted by Gasteiger charge is -2.11. The summed E-state index contributed by atoms with van der Waals surface area (Å²) in [4.78, 5) is 24.4. The molecule has 3 aromatic carbocycles. The molecule has 5 nitrogen and oxygen atoms in total. The Kier molecular flexibility index (Phi) is 7.08. The van der Waals surface area contributed by atoms with Crippen LogP contribution in [-0.2, 0) is 11.2 Å². The van der Waals surface area contributed by atoms with Gasteiger partial charge in [0.2, 0.25) is 5.91 Å². The van der Waals surface area contributed by atoms with Gasteiger partial charge in [-0.25, -0.2) is 0 Å². The summed E-state index contributed by atoms with van der Waals surface area (Å²) in [5.74, 6) is -0.348. The monoisotopic (exact) mass is 403 g/mol. The predicted molar refractivity (Wildman–Crippen MR) is 120 cm³/mol. The zero-order valence-electron chi connectivity index (χ0n) is 15.7. The maximum Gasteiger partial charge on any atom is 0.257 e. The Hall–Kier alpha value is -3.51. The van der Waals surface area contributed by atoms with E-state index < -0.39 is 0 Å². The average Bonchev–Trinajstić information content (AvgIpc) is 2.74. The first-order valence-corrected chi connectivity index (χ1v) is 9.62. The van der Waals surface area contributed by atoms with Gasteiger partial charge in [0.15, 0.2) is 5.11 Å². The summed E-state index contributed by atoms with van der Waals surface area (Å²) in [5.41, 5.74) is 2.98. The maximum absolute atomic E-state index is 12.2. The Labute approximate surface area is 175 Å². The van der Waals surface area contributed by atoms with Crippen molar-refractivity contribution in [3.8, 4) is 0 Å². The van der Waals surface area contributed by atoms with E-state index in [1.54, 1.807) is 48.5 Å². The van der Waals surface area contributed by atoms with E-state index in [2.05, 4.69) is 16.0 Å². The number of carbonyl (C=O) groups excluding carboxylic acids is 2. The van der Waals surface area contributed by atoms with Crippen LogP contribution in [0.4, 0.5) is 11.4 Å². The molecular formula is C23H21N3O2S. The van der Waals surface area contributed by atoms with E-state index in [9.17, 15) is 9.59 Å². The van der Waals surface area contributed by atoms with Crippen molar-refractivity contribution in [2.45, 2.75) is 12.8 Å². The second-order valence-corrected chi connectivity index (χ2v) is 6.80. The third-order valence-electron chi connectivity index (χ3n) is 4.15. The van der Waals surface area contributed by atoms with E-state index in [1.165, 1.54) is 0 Å². The fourth-order valence-electron chi connectivity index (χ4n) is 2.73. The van der Waals surface area contributed by atoms with E-state index in [-0.39, 0.29) is 16.9 Å². The highest BCUT2D eigenvalue weighted by molar-refractivity contribution is 7.80. The van der Waals surface area contributed by atoms with E-state index in [0.717, 1.165) is 5.56 Å². The van der Waals surface area contributed by atoms with Gasteiger partial charge in [-0.05, 0) is 54.5 Å². The molecule has 146 valence electrons. The number of rotatable bonds is 6. The zero-order chi connectivity index (χ0) is 20.5. The second-order valence-electron chi connectivity index (χ2n) is 6.39. The predicted octanol–water partition coefficient (Wildman–Crippen LogP) is 4.38. The minimum absolute atomic E-state index is 0.0639. The molecule has 0 spiro atoms. The molecule has 0 aliphatic heterocycles. The molecule has 3 N–H and O–H groups in total. The van der Waals surface area contributed by atoms with E-state index in [0.29, 0.717) is 29.8 Å². The fraction of sp³-hybridized carbons (Fsp3) is 0.0870. The van der Waals surface area contributed by atoms with Crippen molar-refractivity contribution in [1.29, 1.82) is 0 Å². The first-order chi connectivity index (χ1) is 14.1. The molecule has 0 aromatic heterocycles. The lowest BCUT2D eigenvalue weighted by molar-refractivity contribution is -0.116. The van der Waals surface area contributed by atoms with E-state index in [1.807, 2.05) is 36.4 Å². The molecular weight excluding hydrogens is 382 g/mol. The van der Waals surface area contributed by atoms with Crippen LogP contribution in [0.3, 0.4) is 0 Å². The molecule has 0 fully saturated rings. The van der Waals surface area contributed by atoms with Gasteiger partial charge >= 0.3 is 0 Å². The first kappa shape index (κ1) is 20.2. The molecule has 0 atom stereocenters. The highest BCUT2D eigenvalue weighted by Gasteiger charge is 2.08. The summed E-state index contributed by atoms with van der Waals surface area (Å²) >= 11 is 5.21. The van der Waals surface area contributed by atoms with Crippen molar-refractivity contribution in [3.63, 3.8) is 0 Å². The van der Waals surface area contributed by atoms with Crippen LogP contribution < -0.4 is 16.0 Å². The summed E-state index contributed by atoms with van der Waals surface area (Å²) in [7, 11) is 0. The van der Waals surface area contributed by atoms with Crippen molar-refractivity contribution in [2.24, 2.45) is 0 Å². The zero-order valence-corrected chi connectivity index (χ0v) is 16.5. The summed E-state index contributed by atoms with van der Waals surface area (Å²) < 4.78 is 0. The van der Waals surface area contributed by atoms with Crippen LogP contribution in [-0.4, -0.2) is 16.9 Å². The van der Waals surface area contributed by atoms with Crippen LogP contribution in [0.5, 0.6) is 0 Å². The normalized spacial score (nSPS) is 10.1. The number of benzene rings is 3. The molecule has 3 rings (SSSR count). The molecule has 3 aromatic rings. The molecule has 0 bridgehead atoms. The molecule has 0 saturated carbocycles. The van der Waals surface area contributed by atoms with Crippen LogP contribution in [0.1, 0.15) is 22.3 Å². The minimum atomic E-state index is -0.284. The van der Waals surface area contributed by atoms with Gasteiger partial charge in [0.25, 0.3) is 5.91 Å². The van der Waals surface area contributed by atoms with Gasteiger partial charge in [0, 0.05) is 23.4 Å². The van der Waals surface area contributed by atoms with Gasteiger partial charge < -0.3 is 10.6 Å². The van der Waals surface area contributed by atoms with Crippen molar-refractivity contribution >= 4 is 40.5 Å². The number of thiocarbonyl (C=S) groups is 1. The largest absolute Gasteiger partial charge is 0.332 e. The van der Waals surface area contributed by atoms with Crippen LogP contribution in [0.2, 0.25) is 0 Å². The number of amides is 2. The SMILES string of the molecule is O=C(CCc1ccccc1)Nc1cccc(NC(=S)NC(=O)c2ccccc2)c1. The van der Waals surface area contributed by atoms with Gasteiger partial charge in [0.05, 0.1) is 0 Å². The molecule has 2 amide bonds. The van der Waals surface area contributed by atoms with Crippen LogP contribution >= 0.6 is 12.2 Å². The van der Waals surface area contributed by atoms with E-state index >= 15 is 0 Å². The standard InChI is InChI=1S/C23H21N3O2S/c27-21(15-14-17-8-3-1-4-9-17)24-19-12-7-13-20(16-19)25-23(29)26-22(28)18-10-5-2-6-11-18/h1-13,16H,14-15H2,(H,24,27)(H2,25,26,28,29). The highest BCUT2D eigenvalue weighted by Crippen LogP contribution is 2.16. The Morgan fingerprint density at radius 1 is 0.759 bits per heavy atom. The summed E-state index contributed by atoms with van der Waals surface area (Å²) in [6, 6.07) is 25.9. The molecule has 29 heavy (non-hydrogen) atoms. The fourth-order valence-corrected chi connectivity index (χ4v) is 2.94. The Balaban J connectivity index is 1.51. The van der Waals surface area contributed by atoms with Gasteiger partial charge in [-0.1, -0.05) is 54.6 Å². The van der Waals surface area contributed by atoms with Crippen molar-refractivity contribution in [3.05, 3.63) is 96.1 Å². The van der Waals surface area contributed by atoms with Crippen LogP contribution in [0.25, 0.3) is 0 Å². The Morgan fingerprint density at radius 3 is 2.07 bits per heavy atom. The van der Waals surface area contributed by atoms with Crippen LogP contribution in [0.15, 0.2) is 84.9 Å². The molecule has 0 unspecified atom stereocenters. The van der Waals surface area contributed by atoms with Crippen molar-refractivity contribution in [1.82, 2.24) is 5.32 Å². The number of carbonyl (C=O) groups is 2. The van der Waals surface area contributed by atoms with Crippen molar-refractivity contribution < 1.29 is 9.59 Å². The molecule has 0 aliphatic rings. The number of hydrogen-bond donors (Lipinski definition) is 3. The highest BCUT2D eigenvalue weighted by atomic mass is 32.1. The Bertz CT molecular complexity index is 991. The number of nitrogens with one attached hydrogen (secondary N) is 3. The third kappa shape index (κ3) is 6.55. The quantitative estimate of drug-likeness (QED) is 0.534. The Morgan fingerprint density at radius 2 is 1.38 bits per heavy atom. The molecule has 0 heterocycles. The number of hydrogen-bond acceptors (Lipinski definition) is 3. The lowest BCUT2D eigenvalue weighted by atomic mass is 10.1. The van der Waals surface area contributed by atoms with Gasteiger partial charge in [0.1, 0.15) is 0 Å². The summed E-state index contributed by atoms with van der Waals surface area (Å²) in [6.45, 7) is 0. The third-order valence-corrected chi connectivity index (χ3v) is 4.35. The maximum atomic E-state index is 12.2. The van der Waals surface area contributed by atoms with E-state index in [4.69, 9.17) is 12.2 Å². The summed E-state index contributed by atoms with van der Waals surface area (Å²) in [6.07, 6.45) is 1.08.